The maximum absolute atomic E-state index is 6.37. The molecule has 0 spiro atoms. The van der Waals surface area contributed by atoms with Gasteiger partial charge in [-0.2, -0.15) is 0 Å². The van der Waals surface area contributed by atoms with Crippen LogP contribution in [0, 0.1) is 17.3 Å². The van der Waals surface area contributed by atoms with E-state index in [2.05, 4.69) is 20.8 Å². The molecule has 0 saturated heterocycles. The van der Waals surface area contributed by atoms with Gasteiger partial charge in [-0.05, 0) is 36.5 Å². The van der Waals surface area contributed by atoms with Gasteiger partial charge in [0.25, 0.3) is 0 Å². The molecule has 0 aromatic carbocycles. The molecular formula is C10H19N. The molecule has 2 N–H and O–H groups in total. The van der Waals surface area contributed by atoms with Gasteiger partial charge in [-0.1, -0.05) is 20.8 Å². The molecule has 11 heavy (non-hydrogen) atoms. The zero-order chi connectivity index (χ0) is 8.28. The van der Waals surface area contributed by atoms with Crippen LogP contribution in [0.4, 0.5) is 0 Å². The molecule has 3 aliphatic carbocycles. The predicted octanol–water partition coefficient (Wildman–Crippen LogP) is 2.16. The van der Waals surface area contributed by atoms with E-state index in [9.17, 15) is 0 Å². The molecule has 3 atom stereocenters. The first-order chi connectivity index (χ1) is 4.98. The van der Waals surface area contributed by atoms with Crippen molar-refractivity contribution in [1.82, 2.24) is 0 Å². The smallest absolute Gasteiger partial charge is 0.0237 e. The average Bonchev–Trinajstić information content (AvgIpc) is 1.94. The molecule has 2 unspecified atom stereocenters. The molecule has 0 aliphatic heterocycles. The maximum Gasteiger partial charge on any atom is 0.0237 e. The van der Waals surface area contributed by atoms with E-state index in [4.69, 9.17) is 5.73 Å². The summed E-state index contributed by atoms with van der Waals surface area (Å²) in [5, 5.41) is 0. The van der Waals surface area contributed by atoms with E-state index in [1.807, 2.05) is 0 Å². The number of hydrogen-bond donors (Lipinski definition) is 1. The van der Waals surface area contributed by atoms with Crippen molar-refractivity contribution in [3.05, 3.63) is 0 Å². The van der Waals surface area contributed by atoms with Crippen LogP contribution in [-0.4, -0.2) is 5.54 Å². The molecule has 3 rings (SSSR count). The Labute approximate surface area is 69.4 Å². The Morgan fingerprint density at radius 1 is 1.27 bits per heavy atom. The second kappa shape index (κ2) is 1.82. The summed E-state index contributed by atoms with van der Waals surface area (Å²) < 4.78 is 0. The first-order valence-corrected chi connectivity index (χ1v) is 4.77. The van der Waals surface area contributed by atoms with E-state index in [1.165, 1.54) is 19.3 Å². The fraction of sp³-hybridized carbons (Fsp3) is 1.00. The maximum atomic E-state index is 6.37. The van der Waals surface area contributed by atoms with Crippen LogP contribution in [0.1, 0.15) is 40.0 Å². The fourth-order valence-corrected chi connectivity index (χ4v) is 3.18. The van der Waals surface area contributed by atoms with Crippen molar-refractivity contribution in [2.75, 3.05) is 0 Å². The lowest BCUT2D eigenvalue weighted by molar-refractivity contribution is -0.123. The lowest BCUT2D eigenvalue weighted by Gasteiger charge is -2.66. The number of fused-ring (bicyclic) bond motifs is 2. The van der Waals surface area contributed by atoms with E-state index in [1.54, 1.807) is 0 Å². The molecule has 0 radical (unpaired) electrons. The van der Waals surface area contributed by atoms with Crippen molar-refractivity contribution >= 4 is 0 Å². The van der Waals surface area contributed by atoms with E-state index in [0.29, 0.717) is 5.41 Å². The normalized spacial score (nSPS) is 53.5. The molecular weight excluding hydrogens is 134 g/mol. The van der Waals surface area contributed by atoms with Crippen molar-refractivity contribution in [2.24, 2.45) is 23.0 Å². The Balaban J connectivity index is 2.28. The van der Waals surface area contributed by atoms with Gasteiger partial charge in [0.1, 0.15) is 0 Å². The molecule has 0 aromatic heterocycles. The summed E-state index contributed by atoms with van der Waals surface area (Å²) in [5.41, 5.74) is 6.96. The second-order valence-electron chi connectivity index (χ2n) is 5.14. The fourth-order valence-electron chi connectivity index (χ4n) is 3.18. The topological polar surface area (TPSA) is 26.0 Å². The molecule has 0 heterocycles. The largest absolute Gasteiger partial charge is 0.324 e. The SMILES string of the molecule is CC1CCC2C[C@]1(N)C2(C)C. The van der Waals surface area contributed by atoms with Gasteiger partial charge in [0.2, 0.25) is 0 Å². The number of nitrogens with two attached hydrogens (primary N) is 1. The van der Waals surface area contributed by atoms with Gasteiger partial charge in [-0.15, -0.1) is 0 Å². The first-order valence-electron chi connectivity index (χ1n) is 4.77. The van der Waals surface area contributed by atoms with Crippen LogP contribution in [0.3, 0.4) is 0 Å². The van der Waals surface area contributed by atoms with Crippen molar-refractivity contribution in [2.45, 2.75) is 45.6 Å². The van der Waals surface area contributed by atoms with Crippen molar-refractivity contribution in [1.29, 1.82) is 0 Å². The molecule has 3 aliphatic rings. The van der Waals surface area contributed by atoms with Crippen LogP contribution in [0.15, 0.2) is 0 Å². The average molecular weight is 153 g/mol. The minimum Gasteiger partial charge on any atom is -0.324 e. The van der Waals surface area contributed by atoms with Gasteiger partial charge < -0.3 is 5.73 Å². The standard InChI is InChI=1S/C10H19N/c1-7-4-5-8-6-10(7,11)9(8,2)3/h7-8H,4-6,11H2,1-3H3/t7?,8?,10-/m1/s1. The van der Waals surface area contributed by atoms with Crippen LogP contribution < -0.4 is 5.73 Å². The quantitative estimate of drug-likeness (QED) is 0.567. The zero-order valence-electron chi connectivity index (χ0n) is 7.85. The van der Waals surface area contributed by atoms with Gasteiger partial charge in [0, 0.05) is 5.54 Å². The third-order valence-corrected chi connectivity index (χ3v) is 4.63. The summed E-state index contributed by atoms with van der Waals surface area (Å²) in [5.74, 6) is 1.66. The summed E-state index contributed by atoms with van der Waals surface area (Å²) in [6.45, 7) is 7.00. The lowest BCUT2D eigenvalue weighted by atomic mass is 9.41. The van der Waals surface area contributed by atoms with Crippen LogP contribution in [0.5, 0.6) is 0 Å². The second-order valence-corrected chi connectivity index (χ2v) is 5.14. The highest BCUT2D eigenvalue weighted by Crippen LogP contribution is 2.62. The van der Waals surface area contributed by atoms with Crippen molar-refractivity contribution in [3.63, 3.8) is 0 Å². The lowest BCUT2D eigenvalue weighted by Crippen LogP contribution is -2.72. The zero-order valence-corrected chi connectivity index (χ0v) is 7.85. The minimum absolute atomic E-state index is 0.177. The Morgan fingerprint density at radius 2 is 1.91 bits per heavy atom. The highest BCUT2D eigenvalue weighted by molar-refractivity contribution is 5.16. The third-order valence-electron chi connectivity index (χ3n) is 4.63. The molecule has 0 amide bonds. The van der Waals surface area contributed by atoms with Crippen molar-refractivity contribution in [3.8, 4) is 0 Å². The van der Waals surface area contributed by atoms with Crippen LogP contribution >= 0.6 is 0 Å². The van der Waals surface area contributed by atoms with Crippen LogP contribution in [0.2, 0.25) is 0 Å². The predicted molar refractivity (Wildman–Crippen MR) is 47.2 cm³/mol. The Hall–Kier alpha value is -0.0400. The van der Waals surface area contributed by atoms with E-state index >= 15 is 0 Å². The highest BCUT2D eigenvalue weighted by atomic mass is 14.9. The van der Waals surface area contributed by atoms with Crippen molar-refractivity contribution < 1.29 is 0 Å². The van der Waals surface area contributed by atoms with Crippen LogP contribution in [0.25, 0.3) is 0 Å². The van der Waals surface area contributed by atoms with Crippen LogP contribution in [-0.2, 0) is 0 Å². The molecule has 0 aromatic rings. The van der Waals surface area contributed by atoms with E-state index in [-0.39, 0.29) is 5.54 Å². The monoisotopic (exact) mass is 153 g/mol. The summed E-state index contributed by atoms with van der Waals surface area (Å²) in [7, 11) is 0. The summed E-state index contributed by atoms with van der Waals surface area (Å²) in [6, 6.07) is 0. The minimum atomic E-state index is 0.177. The molecule has 1 nitrogen and oxygen atoms in total. The first kappa shape index (κ1) is 7.60. The number of rotatable bonds is 0. The molecule has 64 valence electrons. The molecule has 2 bridgehead atoms. The van der Waals surface area contributed by atoms with E-state index in [0.717, 1.165) is 11.8 Å². The van der Waals surface area contributed by atoms with Gasteiger partial charge in [0.15, 0.2) is 0 Å². The summed E-state index contributed by atoms with van der Waals surface area (Å²) >= 11 is 0. The Morgan fingerprint density at radius 3 is 2.27 bits per heavy atom. The van der Waals surface area contributed by atoms with Gasteiger partial charge in [-0.25, -0.2) is 0 Å². The van der Waals surface area contributed by atoms with Gasteiger partial charge in [-0.3, -0.25) is 0 Å². The Kier molecular flexibility index (Phi) is 1.26. The Bertz CT molecular complexity index is 185. The molecule has 3 saturated carbocycles. The van der Waals surface area contributed by atoms with Gasteiger partial charge >= 0.3 is 0 Å². The third kappa shape index (κ3) is 0.658. The summed E-state index contributed by atoms with van der Waals surface area (Å²) in [4.78, 5) is 0. The number of hydrogen-bond acceptors (Lipinski definition) is 1. The molecule has 3 fully saturated rings. The summed E-state index contributed by atoms with van der Waals surface area (Å²) in [6.07, 6.45) is 4.04. The van der Waals surface area contributed by atoms with Gasteiger partial charge in [0.05, 0.1) is 0 Å². The van der Waals surface area contributed by atoms with E-state index < -0.39 is 0 Å². The molecule has 1 heteroatoms. The highest BCUT2D eigenvalue weighted by Gasteiger charge is 2.62.